The molecule has 0 bridgehead atoms. The molecular weight excluding hydrogens is 218 g/mol. The Morgan fingerprint density at radius 3 is 2.88 bits per heavy atom. The van der Waals surface area contributed by atoms with Crippen LogP contribution in [0.25, 0.3) is 0 Å². The number of nitrogens with zero attached hydrogens (tertiary/aromatic N) is 1. The van der Waals surface area contributed by atoms with Crippen molar-refractivity contribution in [3.63, 3.8) is 0 Å². The molecule has 0 spiro atoms. The van der Waals surface area contributed by atoms with Gasteiger partial charge in [-0.05, 0) is 23.6 Å². The van der Waals surface area contributed by atoms with Crippen LogP contribution in [0.3, 0.4) is 0 Å². The van der Waals surface area contributed by atoms with Gasteiger partial charge in [0.1, 0.15) is 5.76 Å². The second-order valence-electron chi connectivity index (χ2n) is 3.51. The summed E-state index contributed by atoms with van der Waals surface area (Å²) in [4.78, 5) is 3.51. The van der Waals surface area contributed by atoms with Crippen LogP contribution in [-0.2, 0) is 13.1 Å². The minimum absolute atomic E-state index is 0.638. The highest BCUT2D eigenvalue weighted by atomic mass is 32.1. The van der Waals surface area contributed by atoms with E-state index in [1.807, 2.05) is 12.1 Å². The van der Waals surface area contributed by atoms with Gasteiger partial charge in [0.15, 0.2) is 0 Å². The van der Waals surface area contributed by atoms with E-state index in [0.717, 1.165) is 18.8 Å². The molecule has 2 rings (SSSR count). The van der Waals surface area contributed by atoms with Crippen molar-refractivity contribution in [1.29, 1.82) is 0 Å². The van der Waals surface area contributed by atoms with E-state index in [9.17, 15) is 0 Å². The lowest BCUT2D eigenvalue weighted by Crippen LogP contribution is -2.22. The van der Waals surface area contributed by atoms with Crippen LogP contribution in [0.15, 0.2) is 40.3 Å². The predicted octanol–water partition coefficient (Wildman–Crippen LogP) is 2.98. The molecule has 0 saturated heterocycles. The fourth-order valence-electron chi connectivity index (χ4n) is 1.54. The summed E-state index contributed by atoms with van der Waals surface area (Å²) in [7, 11) is 0. The standard InChI is InChI=1S/C13H13NOS/c1-2-7-14(10-12-5-3-8-15-12)11-13-6-4-9-16-13/h1,3-6,8-9H,7,10-11H2. The molecule has 0 aromatic carbocycles. The number of furan rings is 1. The molecular formula is C13H13NOS. The molecule has 82 valence electrons. The van der Waals surface area contributed by atoms with Crippen LogP contribution in [0, 0.1) is 12.3 Å². The molecule has 2 nitrogen and oxygen atoms in total. The number of hydrogen-bond donors (Lipinski definition) is 0. The SMILES string of the molecule is C#CCN(Cc1ccco1)Cc1cccs1. The second-order valence-corrected chi connectivity index (χ2v) is 4.54. The zero-order valence-electron chi connectivity index (χ0n) is 8.93. The monoisotopic (exact) mass is 231 g/mol. The zero-order chi connectivity index (χ0) is 11.2. The summed E-state index contributed by atoms with van der Waals surface area (Å²) in [6, 6.07) is 8.05. The quantitative estimate of drug-likeness (QED) is 0.736. The summed E-state index contributed by atoms with van der Waals surface area (Å²) in [6.07, 6.45) is 7.06. The molecule has 2 heterocycles. The highest BCUT2D eigenvalue weighted by molar-refractivity contribution is 7.09. The Balaban J connectivity index is 1.98. The van der Waals surface area contributed by atoms with E-state index < -0.39 is 0 Å². The minimum Gasteiger partial charge on any atom is -0.468 e. The number of rotatable bonds is 5. The molecule has 0 aliphatic heterocycles. The largest absolute Gasteiger partial charge is 0.468 e. The molecule has 0 N–H and O–H groups in total. The molecule has 0 radical (unpaired) electrons. The van der Waals surface area contributed by atoms with Gasteiger partial charge in [0.05, 0.1) is 19.4 Å². The first kappa shape index (κ1) is 11.0. The van der Waals surface area contributed by atoms with Crippen molar-refractivity contribution in [1.82, 2.24) is 4.90 Å². The van der Waals surface area contributed by atoms with Crippen molar-refractivity contribution in [2.24, 2.45) is 0 Å². The fourth-order valence-corrected chi connectivity index (χ4v) is 2.29. The van der Waals surface area contributed by atoms with Gasteiger partial charge in [0.25, 0.3) is 0 Å². The van der Waals surface area contributed by atoms with E-state index in [1.165, 1.54) is 4.88 Å². The van der Waals surface area contributed by atoms with E-state index in [-0.39, 0.29) is 0 Å². The Bertz CT molecular complexity index is 402. The molecule has 2 aromatic rings. The van der Waals surface area contributed by atoms with Gasteiger partial charge in [-0.3, -0.25) is 4.90 Å². The first-order valence-corrected chi connectivity index (χ1v) is 5.97. The lowest BCUT2D eigenvalue weighted by molar-refractivity contribution is 0.266. The predicted molar refractivity (Wildman–Crippen MR) is 66.0 cm³/mol. The van der Waals surface area contributed by atoms with Gasteiger partial charge in [-0.2, -0.15) is 0 Å². The Morgan fingerprint density at radius 1 is 1.31 bits per heavy atom. The van der Waals surface area contributed by atoms with Crippen molar-refractivity contribution in [2.45, 2.75) is 13.1 Å². The zero-order valence-corrected chi connectivity index (χ0v) is 9.74. The van der Waals surface area contributed by atoms with E-state index >= 15 is 0 Å². The first-order valence-electron chi connectivity index (χ1n) is 5.09. The van der Waals surface area contributed by atoms with Crippen molar-refractivity contribution in [2.75, 3.05) is 6.54 Å². The van der Waals surface area contributed by atoms with Crippen molar-refractivity contribution >= 4 is 11.3 Å². The minimum atomic E-state index is 0.638. The van der Waals surface area contributed by atoms with Crippen LogP contribution in [0.4, 0.5) is 0 Å². The van der Waals surface area contributed by atoms with E-state index in [1.54, 1.807) is 17.6 Å². The van der Waals surface area contributed by atoms with Gasteiger partial charge in [-0.1, -0.05) is 12.0 Å². The van der Waals surface area contributed by atoms with Gasteiger partial charge in [0, 0.05) is 11.4 Å². The number of thiophene rings is 1. The molecule has 0 fully saturated rings. The van der Waals surface area contributed by atoms with Crippen molar-refractivity contribution in [3.05, 3.63) is 46.5 Å². The molecule has 0 amide bonds. The first-order chi connectivity index (χ1) is 7.88. The molecule has 0 aliphatic carbocycles. The molecule has 2 aromatic heterocycles. The summed E-state index contributed by atoms with van der Waals surface area (Å²) in [6.45, 7) is 2.27. The second kappa shape index (κ2) is 5.55. The Labute approximate surface area is 99.5 Å². The lowest BCUT2D eigenvalue weighted by atomic mass is 10.3. The summed E-state index contributed by atoms with van der Waals surface area (Å²) in [5, 5.41) is 2.08. The Kier molecular flexibility index (Phi) is 3.81. The summed E-state index contributed by atoms with van der Waals surface area (Å²) >= 11 is 1.75. The van der Waals surface area contributed by atoms with Crippen LogP contribution in [0.5, 0.6) is 0 Å². The highest BCUT2D eigenvalue weighted by Gasteiger charge is 2.07. The Morgan fingerprint density at radius 2 is 2.25 bits per heavy atom. The summed E-state index contributed by atoms with van der Waals surface area (Å²) < 4.78 is 5.32. The molecule has 16 heavy (non-hydrogen) atoms. The number of terminal acetylenes is 1. The van der Waals surface area contributed by atoms with E-state index in [0.29, 0.717) is 6.54 Å². The average Bonchev–Trinajstić information content (AvgIpc) is 2.91. The lowest BCUT2D eigenvalue weighted by Gasteiger charge is -2.17. The maximum Gasteiger partial charge on any atom is 0.117 e. The van der Waals surface area contributed by atoms with Crippen LogP contribution in [-0.4, -0.2) is 11.4 Å². The van der Waals surface area contributed by atoms with Crippen LogP contribution in [0.1, 0.15) is 10.6 Å². The molecule has 0 unspecified atom stereocenters. The molecule has 0 aliphatic rings. The van der Waals surface area contributed by atoms with Crippen molar-refractivity contribution < 1.29 is 4.42 Å². The smallest absolute Gasteiger partial charge is 0.117 e. The van der Waals surface area contributed by atoms with Gasteiger partial charge in [-0.25, -0.2) is 0 Å². The molecule has 3 heteroatoms. The average molecular weight is 231 g/mol. The molecule has 0 saturated carbocycles. The maximum atomic E-state index is 5.37. The third-order valence-corrected chi connectivity index (χ3v) is 3.10. The van der Waals surface area contributed by atoms with Gasteiger partial charge in [-0.15, -0.1) is 17.8 Å². The Hall–Kier alpha value is -1.50. The summed E-state index contributed by atoms with van der Waals surface area (Å²) in [5.74, 6) is 3.63. The normalized spacial score (nSPS) is 10.5. The van der Waals surface area contributed by atoms with Crippen LogP contribution < -0.4 is 0 Å². The topological polar surface area (TPSA) is 16.4 Å². The van der Waals surface area contributed by atoms with E-state index in [2.05, 4.69) is 28.3 Å². The third kappa shape index (κ3) is 2.99. The summed E-state index contributed by atoms with van der Waals surface area (Å²) in [5.41, 5.74) is 0. The van der Waals surface area contributed by atoms with Crippen LogP contribution >= 0.6 is 11.3 Å². The maximum absolute atomic E-state index is 5.37. The van der Waals surface area contributed by atoms with E-state index in [4.69, 9.17) is 10.8 Å². The van der Waals surface area contributed by atoms with Crippen molar-refractivity contribution in [3.8, 4) is 12.3 Å². The highest BCUT2D eigenvalue weighted by Crippen LogP contribution is 2.14. The third-order valence-electron chi connectivity index (χ3n) is 2.23. The number of hydrogen-bond acceptors (Lipinski definition) is 3. The fraction of sp³-hybridized carbons (Fsp3) is 0.231. The van der Waals surface area contributed by atoms with Gasteiger partial charge in [0.2, 0.25) is 0 Å². The molecule has 0 atom stereocenters. The van der Waals surface area contributed by atoms with Crippen LogP contribution in [0.2, 0.25) is 0 Å². The van der Waals surface area contributed by atoms with Gasteiger partial charge >= 0.3 is 0 Å². The van der Waals surface area contributed by atoms with Gasteiger partial charge < -0.3 is 4.42 Å².